The number of piperidine rings is 1. The van der Waals surface area contributed by atoms with Gasteiger partial charge in [-0.25, -0.2) is 0 Å². The molecule has 8 nitrogen and oxygen atoms in total. The van der Waals surface area contributed by atoms with Crippen LogP contribution >= 0.6 is 0 Å². The van der Waals surface area contributed by atoms with Crippen LogP contribution in [-0.2, 0) is 7.05 Å². The first-order valence-corrected chi connectivity index (χ1v) is 8.84. The molecule has 1 fully saturated rings. The van der Waals surface area contributed by atoms with E-state index in [1.165, 1.54) is 0 Å². The fourth-order valence-electron chi connectivity index (χ4n) is 3.25. The van der Waals surface area contributed by atoms with Crippen LogP contribution in [0.4, 0.5) is 5.82 Å². The lowest BCUT2D eigenvalue weighted by molar-refractivity contribution is 0.0524. The molecule has 140 valence electrons. The number of aryl methyl sites for hydroxylation is 2. The zero-order chi connectivity index (χ0) is 18.8. The number of anilines is 1. The van der Waals surface area contributed by atoms with Gasteiger partial charge < -0.3 is 14.5 Å². The van der Waals surface area contributed by atoms with Crippen LogP contribution in [0.1, 0.15) is 34.6 Å². The van der Waals surface area contributed by atoms with E-state index in [0.29, 0.717) is 18.0 Å². The smallest absolute Gasteiger partial charge is 0.257 e. The molecule has 1 aliphatic rings. The Hall–Kier alpha value is -2.64. The molecule has 8 heteroatoms. The number of aromatic nitrogens is 4. The van der Waals surface area contributed by atoms with Crippen LogP contribution in [-0.4, -0.2) is 64.1 Å². The highest BCUT2D eigenvalue weighted by molar-refractivity contribution is 5.96. The molecule has 0 N–H and O–H groups in total. The van der Waals surface area contributed by atoms with E-state index in [0.717, 1.165) is 36.6 Å². The van der Waals surface area contributed by atoms with Gasteiger partial charge in [0.2, 0.25) is 5.88 Å². The molecule has 1 aliphatic heterocycles. The first-order chi connectivity index (χ1) is 12.4. The van der Waals surface area contributed by atoms with Gasteiger partial charge in [0, 0.05) is 39.4 Å². The van der Waals surface area contributed by atoms with Crippen LogP contribution in [0.2, 0.25) is 0 Å². The highest BCUT2D eigenvalue weighted by Gasteiger charge is 2.29. The maximum atomic E-state index is 13.0. The van der Waals surface area contributed by atoms with E-state index >= 15 is 0 Å². The number of hydrogen-bond donors (Lipinski definition) is 0. The normalized spacial score (nSPS) is 17.3. The molecular formula is C18H26N6O2. The molecule has 26 heavy (non-hydrogen) atoms. The van der Waals surface area contributed by atoms with Crippen LogP contribution in [0.3, 0.4) is 0 Å². The molecule has 0 bridgehead atoms. The van der Waals surface area contributed by atoms with Crippen LogP contribution < -0.4 is 9.64 Å². The number of nitrogens with zero attached hydrogens (tertiary/aromatic N) is 6. The zero-order valence-electron chi connectivity index (χ0n) is 16.1. The number of hydrogen-bond acceptors (Lipinski definition) is 6. The second-order valence-corrected chi connectivity index (χ2v) is 6.93. The second-order valence-electron chi connectivity index (χ2n) is 6.93. The van der Waals surface area contributed by atoms with Crippen molar-refractivity contribution in [1.29, 1.82) is 0 Å². The van der Waals surface area contributed by atoms with Crippen LogP contribution in [0.15, 0.2) is 12.1 Å². The molecule has 1 saturated heterocycles. The first kappa shape index (κ1) is 18.2. The van der Waals surface area contributed by atoms with Crippen molar-refractivity contribution in [3.63, 3.8) is 0 Å². The topological polar surface area (TPSA) is 76.4 Å². The zero-order valence-corrected chi connectivity index (χ0v) is 16.1. The molecule has 3 heterocycles. The summed E-state index contributed by atoms with van der Waals surface area (Å²) in [6.07, 6.45) is 1.72. The number of likely N-dealkylation sites (tertiary alicyclic amines) is 1. The van der Waals surface area contributed by atoms with Crippen molar-refractivity contribution in [2.45, 2.75) is 32.8 Å². The van der Waals surface area contributed by atoms with E-state index in [2.05, 4.69) is 15.3 Å². The van der Waals surface area contributed by atoms with Gasteiger partial charge in [-0.05, 0) is 32.8 Å². The number of carbonyl (C=O) groups excluding carboxylic acids is 1. The van der Waals surface area contributed by atoms with Crippen LogP contribution in [0.5, 0.6) is 5.88 Å². The average molecular weight is 358 g/mol. The van der Waals surface area contributed by atoms with Gasteiger partial charge in [0.15, 0.2) is 5.82 Å². The number of ether oxygens (including phenoxy) is 1. The van der Waals surface area contributed by atoms with Gasteiger partial charge in [-0.3, -0.25) is 9.48 Å². The van der Waals surface area contributed by atoms with Crippen LogP contribution in [0.25, 0.3) is 0 Å². The number of amides is 1. The predicted molar refractivity (Wildman–Crippen MR) is 98.6 cm³/mol. The monoisotopic (exact) mass is 358 g/mol. The Morgan fingerprint density at radius 2 is 2.04 bits per heavy atom. The molecule has 1 atom stereocenters. The van der Waals surface area contributed by atoms with Crippen molar-refractivity contribution in [1.82, 2.24) is 24.9 Å². The van der Waals surface area contributed by atoms with Crippen molar-refractivity contribution < 1.29 is 9.53 Å². The largest absolute Gasteiger partial charge is 0.471 e. The second kappa shape index (κ2) is 7.31. The molecule has 1 unspecified atom stereocenters. The van der Waals surface area contributed by atoms with Gasteiger partial charge in [0.1, 0.15) is 6.10 Å². The maximum Gasteiger partial charge on any atom is 0.257 e. The fraction of sp³-hybridized carbons (Fsp3) is 0.556. The third kappa shape index (κ3) is 3.63. The fourth-order valence-corrected chi connectivity index (χ4v) is 3.25. The average Bonchev–Trinajstić information content (AvgIpc) is 2.87. The molecule has 0 spiro atoms. The van der Waals surface area contributed by atoms with Gasteiger partial charge in [0.05, 0.1) is 17.8 Å². The molecule has 3 rings (SSSR count). The van der Waals surface area contributed by atoms with E-state index in [9.17, 15) is 4.79 Å². The molecular weight excluding hydrogens is 332 g/mol. The van der Waals surface area contributed by atoms with Crippen molar-refractivity contribution >= 4 is 11.7 Å². The first-order valence-electron chi connectivity index (χ1n) is 8.84. The summed E-state index contributed by atoms with van der Waals surface area (Å²) in [5.41, 5.74) is 2.35. The molecule has 1 amide bonds. The molecule has 0 aliphatic carbocycles. The summed E-state index contributed by atoms with van der Waals surface area (Å²) < 4.78 is 7.72. The lowest BCUT2D eigenvalue weighted by atomic mass is 10.1. The number of rotatable bonds is 4. The van der Waals surface area contributed by atoms with E-state index in [1.807, 2.05) is 56.9 Å². The standard InChI is InChI=1S/C18H26N6O2/c1-12-17(13(2)23(5)21-12)18(25)24-10-6-7-14(11-24)26-16-9-8-15(19-20-16)22(3)4/h8-9,14H,6-7,10-11H2,1-5H3. The third-order valence-corrected chi connectivity index (χ3v) is 4.76. The summed E-state index contributed by atoms with van der Waals surface area (Å²) in [6.45, 7) is 5.08. The lowest BCUT2D eigenvalue weighted by Gasteiger charge is -2.32. The molecule has 2 aromatic rings. The Morgan fingerprint density at radius 1 is 1.27 bits per heavy atom. The SMILES string of the molecule is Cc1nn(C)c(C)c1C(=O)N1CCCC(Oc2ccc(N(C)C)nn2)C1. The Morgan fingerprint density at radius 3 is 2.62 bits per heavy atom. The summed E-state index contributed by atoms with van der Waals surface area (Å²) in [7, 11) is 5.69. The summed E-state index contributed by atoms with van der Waals surface area (Å²) in [5.74, 6) is 1.29. The van der Waals surface area contributed by atoms with E-state index in [1.54, 1.807) is 4.68 Å². The van der Waals surface area contributed by atoms with Crippen molar-refractivity contribution in [2.75, 3.05) is 32.1 Å². The van der Waals surface area contributed by atoms with Gasteiger partial charge in [-0.15, -0.1) is 10.2 Å². The minimum absolute atomic E-state index is 0.0236. The van der Waals surface area contributed by atoms with Crippen molar-refractivity contribution in [2.24, 2.45) is 7.05 Å². The summed E-state index contributed by atoms with van der Waals surface area (Å²) in [4.78, 5) is 16.7. The van der Waals surface area contributed by atoms with Gasteiger partial charge >= 0.3 is 0 Å². The highest BCUT2D eigenvalue weighted by Crippen LogP contribution is 2.21. The van der Waals surface area contributed by atoms with E-state index < -0.39 is 0 Å². The van der Waals surface area contributed by atoms with Crippen molar-refractivity contribution in [3.05, 3.63) is 29.1 Å². The minimum atomic E-state index is -0.0792. The van der Waals surface area contributed by atoms with E-state index in [-0.39, 0.29) is 12.0 Å². The van der Waals surface area contributed by atoms with Gasteiger partial charge in [0.25, 0.3) is 5.91 Å². The molecule has 0 radical (unpaired) electrons. The molecule has 0 saturated carbocycles. The quantitative estimate of drug-likeness (QED) is 0.826. The summed E-state index contributed by atoms with van der Waals surface area (Å²) >= 11 is 0. The Labute approximate surface area is 153 Å². The molecule has 2 aromatic heterocycles. The Kier molecular flexibility index (Phi) is 5.11. The highest BCUT2D eigenvalue weighted by atomic mass is 16.5. The van der Waals surface area contributed by atoms with E-state index in [4.69, 9.17) is 4.74 Å². The van der Waals surface area contributed by atoms with Gasteiger partial charge in [-0.2, -0.15) is 5.10 Å². The number of carbonyl (C=O) groups is 1. The Bertz CT molecular complexity index is 784. The molecule has 0 aromatic carbocycles. The predicted octanol–water partition coefficient (Wildman–Crippen LogP) is 1.58. The minimum Gasteiger partial charge on any atom is -0.471 e. The van der Waals surface area contributed by atoms with Gasteiger partial charge in [-0.1, -0.05) is 0 Å². The third-order valence-electron chi connectivity index (χ3n) is 4.76. The maximum absolute atomic E-state index is 13.0. The Balaban J connectivity index is 1.68. The lowest BCUT2D eigenvalue weighted by Crippen LogP contribution is -2.44. The summed E-state index contributed by atoms with van der Waals surface area (Å²) in [6, 6.07) is 3.69. The summed E-state index contributed by atoms with van der Waals surface area (Å²) in [5, 5.41) is 12.6. The van der Waals surface area contributed by atoms with Crippen LogP contribution in [0, 0.1) is 13.8 Å². The van der Waals surface area contributed by atoms with Crippen molar-refractivity contribution in [3.8, 4) is 5.88 Å².